The smallest absolute Gasteiger partial charge is 0.340 e. The molecule has 136 valence electrons. The van der Waals surface area contributed by atoms with Crippen molar-refractivity contribution in [3.05, 3.63) is 81.1 Å². The number of allylic oxidation sites excluding steroid dienone is 1. The van der Waals surface area contributed by atoms with Gasteiger partial charge in [-0.25, -0.2) is 4.79 Å². The summed E-state index contributed by atoms with van der Waals surface area (Å²) >= 11 is 2.31. The monoisotopic (exact) mass is 469 g/mol. The van der Waals surface area contributed by atoms with E-state index in [2.05, 4.69) is 75.7 Å². The lowest BCUT2D eigenvalue weighted by molar-refractivity contribution is 0.0526. The Morgan fingerprint density at radius 1 is 1.11 bits per heavy atom. The maximum Gasteiger partial charge on any atom is 0.340 e. The molecule has 1 heterocycles. The van der Waals surface area contributed by atoms with Crippen LogP contribution in [0.2, 0.25) is 0 Å². The molecule has 3 nitrogen and oxygen atoms in total. The first kappa shape index (κ1) is 18.0. The molecule has 4 heteroatoms. The number of carbonyl (C=O) groups is 1. The lowest BCUT2D eigenvalue weighted by Crippen LogP contribution is -2.09. The number of hydrogen-bond donors (Lipinski definition) is 0. The topological polar surface area (TPSA) is 31.2 Å². The van der Waals surface area contributed by atoms with Crippen molar-refractivity contribution >= 4 is 34.6 Å². The summed E-state index contributed by atoms with van der Waals surface area (Å²) in [6, 6.07) is 18.5. The van der Waals surface area contributed by atoms with E-state index in [0.717, 1.165) is 41.0 Å². The number of fused-ring (bicyclic) bond motifs is 1. The molecule has 0 saturated carbocycles. The molecule has 1 aliphatic rings. The molecule has 0 spiro atoms. The van der Waals surface area contributed by atoms with Crippen molar-refractivity contribution in [2.45, 2.75) is 19.8 Å². The fourth-order valence-electron chi connectivity index (χ4n) is 3.64. The van der Waals surface area contributed by atoms with Gasteiger partial charge in [-0.05, 0) is 83.8 Å². The zero-order valence-electron chi connectivity index (χ0n) is 15.1. The van der Waals surface area contributed by atoms with Gasteiger partial charge in [0.25, 0.3) is 0 Å². The first-order valence-corrected chi connectivity index (χ1v) is 10.2. The number of ether oxygens (including phenoxy) is 1. The lowest BCUT2D eigenvalue weighted by atomic mass is 9.97. The Hall–Kier alpha value is -2.34. The summed E-state index contributed by atoms with van der Waals surface area (Å²) in [6.45, 7) is 2.22. The molecular formula is C23H20INO2. The molecule has 0 bridgehead atoms. The number of aromatic nitrogens is 1. The molecule has 0 atom stereocenters. The van der Waals surface area contributed by atoms with Gasteiger partial charge in [0.15, 0.2) is 0 Å². The quantitative estimate of drug-likeness (QED) is 0.353. The molecule has 27 heavy (non-hydrogen) atoms. The number of rotatable bonds is 4. The number of nitrogens with zero attached hydrogens (tertiary/aromatic N) is 1. The Morgan fingerprint density at radius 2 is 1.85 bits per heavy atom. The van der Waals surface area contributed by atoms with Gasteiger partial charge in [0, 0.05) is 9.26 Å². The van der Waals surface area contributed by atoms with Crippen molar-refractivity contribution < 1.29 is 9.53 Å². The number of benzene rings is 2. The molecule has 4 rings (SSSR count). The molecule has 0 N–H and O–H groups in total. The van der Waals surface area contributed by atoms with Crippen LogP contribution in [-0.2, 0) is 11.2 Å². The van der Waals surface area contributed by atoms with Crippen LogP contribution in [0.1, 0.15) is 35.0 Å². The van der Waals surface area contributed by atoms with Crippen LogP contribution in [0.5, 0.6) is 0 Å². The highest BCUT2D eigenvalue weighted by Crippen LogP contribution is 2.38. The van der Waals surface area contributed by atoms with Crippen LogP contribution >= 0.6 is 22.6 Å². The second kappa shape index (κ2) is 7.72. The number of hydrogen-bond acceptors (Lipinski definition) is 2. The fraction of sp³-hybridized carbons (Fsp3) is 0.174. The summed E-state index contributed by atoms with van der Waals surface area (Å²) in [5.74, 6) is -0.243. The van der Waals surface area contributed by atoms with Gasteiger partial charge in [-0.1, -0.05) is 36.4 Å². The molecule has 1 aromatic heterocycles. The standard InChI is InChI=1S/C23H20INO2/c1-2-27-23(26)21-19-10-6-7-11-20(19)25(18-14-12-17(24)13-15-18)22(21)16-8-4-3-5-9-16/h3-5,7-9,11-15H,2,6,10H2,1H3. The van der Waals surface area contributed by atoms with E-state index in [4.69, 9.17) is 4.74 Å². The molecule has 0 unspecified atom stereocenters. The van der Waals surface area contributed by atoms with Crippen molar-refractivity contribution in [2.75, 3.05) is 6.61 Å². The van der Waals surface area contributed by atoms with E-state index >= 15 is 0 Å². The Kier molecular flexibility index (Phi) is 5.16. The van der Waals surface area contributed by atoms with Crippen LogP contribution in [0.15, 0.2) is 60.7 Å². The Balaban J connectivity index is 2.06. The molecule has 0 saturated heterocycles. The highest BCUT2D eigenvalue weighted by atomic mass is 127. The van der Waals surface area contributed by atoms with Crippen LogP contribution in [0.25, 0.3) is 23.0 Å². The second-order valence-corrected chi connectivity index (χ2v) is 7.67. The first-order valence-electron chi connectivity index (χ1n) is 9.13. The third-order valence-electron chi connectivity index (χ3n) is 4.76. The van der Waals surface area contributed by atoms with Crippen LogP contribution in [0, 0.1) is 3.57 Å². The number of halogens is 1. The minimum atomic E-state index is -0.243. The van der Waals surface area contributed by atoms with Crippen LogP contribution in [-0.4, -0.2) is 17.1 Å². The minimum Gasteiger partial charge on any atom is -0.462 e. The maximum atomic E-state index is 12.9. The predicted octanol–water partition coefficient (Wildman–Crippen LogP) is 5.89. The molecule has 0 radical (unpaired) electrons. The van der Waals surface area contributed by atoms with Crippen molar-refractivity contribution in [3.8, 4) is 16.9 Å². The van der Waals surface area contributed by atoms with Gasteiger partial charge in [-0.2, -0.15) is 0 Å². The molecule has 2 aromatic carbocycles. The summed E-state index contributed by atoms with van der Waals surface area (Å²) in [4.78, 5) is 12.9. The maximum absolute atomic E-state index is 12.9. The van der Waals surface area contributed by atoms with E-state index in [0.29, 0.717) is 12.2 Å². The molecule has 3 aromatic rings. The largest absolute Gasteiger partial charge is 0.462 e. The third-order valence-corrected chi connectivity index (χ3v) is 5.48. The zero-order chi connectivity index (χ0) is 18.8. The lowest BCUT2D eigenvalue weighted by Gasteiger charge is -2.14. The first-order chi connectivity index (χ1) is 13.2. The van der Waals surface area contributed by atoms with Crippen LogP contribution in [0.4, 0.5) is 0 Å². The van der Waals surface area contributed by atoms with E-state index in [1.807, 2.05) is 25.1 Å². The third kappa shape index (κ3) is 3.34. The average molecular weight is 469 g/mol. The number of esters is 1. The minimum absolute atomic E-state index is 0.243. The van der Waals surface area contributed by atoms with Gasteiger partial charge in [0.05, 0.1) is 23.6 Å². The molecular weight excluding hydrogens is 449 g/mol. The normalized spacial score (nSPS) is 12.7. The molecule has 1 aliphatic carbocycles. The fourth-order valence-corrected chi connectivity index (χ4v) is 4.00. The summed E-state index contributed by atoms with van der Waals surface area (Å²) in [5, 5.41) is 0. The molecule has 0 aliphatic heterocycles. The van der Waals surface area contributed by atoms with E-state index in [-0.39, 0.29) is 5.97 Å². The summed E-state index contributed by atoms with van der Waals surface area (Å²) in [5.41, 5.74) is 5.82. The van der Waals surface area contributed by atoms with Crippen LogP contribution < -0.4 is 0 Å². The Bertz CT molecular complexity index is 1000. The Morgan fingerprint density at radius 3 is 2.56 bits per heavy atom. The summed E-state index contributed by atoms with van der Waals surface area (Å²) in [6.07, 6.45) is 6.09. The van der Waals surface area contributed by atoms with Gasteiger partial charge in [-0.15, -0.1) is 0 Å². The summed E-state index contributed by atoms with van der Waals surface area (Å²) in [7, 11) is 0. The van der Waals surface area contributed by atoms with Crippen molar-refractivity contribution in [1.29, 1.82) is 0 Å². The highest BCUT2D eigenvalue weighted by Gasteiger charge is 2.29. The van der Waals surface area contributed by atoms with Gasteiger partial charge in [-0.3, -0.25) is 0 Å². The Labute approximate surface area is 172 Å². The van der Waals surface area contributed by atoms with E-state index in [1.54, 1.807) is 0 Å². The van der Waals surface area contributed by atoms with Crippen molar-refractivity contribution in [2.24, 2.45) is 0 Å². The van der Waals surface area contributed by atoms with Gasteiger partial charge in [0.1, 0.15) is 0 Å². The van der Waals surface area contributed by atoms with Crippen molar-refractivity contribution in [1.82, 2.24) is 4.57 Å². The van der Waals surface area contributed by atoms with E-state index in [9.17, 15) is 4.79 Å². The molecule has 0 fully saturated rings. The SMILES string of the molecule is CCOC(=O)c1c2c(n(-c3ccc(I)cc3)c1-c1ccccc1)C=CCC2. The zero-order valence-corrected chi connectivity index (χ0v) is 17.3. The van der Waals surface area contributed by atoms with Crippen LogP contribution in [0.3, 0.4) is 0 Å². The second-order valence-electron chi connectivity index (χ2n) is 6.43. The highest BCUT2D eigenvalue weighted by molar-refractivity contribution is 14.1. The van der Waals surface area contributed by atoms with Crippen molar-refractivity contribution in [3.63, 3.8) is 0 Å². The summed E-state index contributed by atoms with van der Waals surface area (Å²) < 4.78 is 8.82. The van der Waals surface area contributed by atoms with E-state index in [1.165, 1.54) is 3.57 Å². The molecule has 0 amide bonds. The predicted molar refractivity (Wildman–Crippen MR) is 117 cm³/mol. The number of carbonyl (C=O) groups excluding carboxylic acids is 1. The van der Waals surface area contributed by atoms with Gasteiger partial charge >= 0.3 is 5.97 Å². The van der Waals surface area contributed by atoms with Gasteiger partial charge in [0.2, 0.25) is 0 Å². The van der Waals surface area contributed by atoms with Gasteiger partial charge < -0.3 is 9.30 Å². The van der Waals surface area contributed by atoms with E-state index < -0.39 is 0 Å². The average Bonchev–Trinajstić information content (AvgIpc) is 3.05.